The molecule has 3 fully saturated rings. The molecule has 3 atom stereocenters. The van der Waals surface area contributed by atoms with Gasteiger partial charge in [-0.25, -0.2) is 0 Å². The molecule has 2 amide bonds. The lowest BCUT2D eigenvalue weighted by Crippen LogP contribution is -2.55. The number of piperidine rings is 1. The first-order chi connectivity index (χ1) is 11.2. The van der Waals surface area contributed by atoms with Crippen LogP contribution < -0.4 is 5.73 Å². The Morgan fingerprint density at radius 1 is 1.00 bits per heavy atom. The fourth-order valence-electron chi connectivity index (χ4n) is 4.14. The lowest BCUT2D eigenvalue weighted by atomic mass is 9.96. The molecule has 2 saturated heterocycles. The molecule has 6 heteroatoms. The van der Waals surface area contributed by atoms with Gasteiger partial charge in [-0.1, -0.05) is 6.42 Å². The van der Waals surface area contributed by atoms with E-state index in [1.165, 1.54) is 0 Å². The molecule has 2 heterocycles. The van der Waals surface area contributed by atoms with Gasteiger partial charge in [-0.05, 0) is 38.0 Å². The van der Waals surface area contributed by atoms with Gasteiger partial charge in [-0.3, -0.25) is 9.59 Å². The Hall–Kier alpha value is -1.14. The summed E-state index contributed by atoms with van der Waals surface area (Å²) in [4.78, 5) is 29.3. The molecular weight excluding hydrogens is 294 g/mol. The van der Waals surface area contributed by atoms with Gasteiger partial charge >= 0.3 is 0 Å². The second kappa shape index (κ2) is 7.62. The van der Waals surface area contributed by atoms with Gasteiger partial charge in [-0.15, -0.1) is 0 Å². The van der Waals surface area contributed by atoms with E-state index in [9.17, 15) is 9.59 Å². The lowest BCUT2D eigenvalue weighted by molar-refractivity contribution is -0.150. The number of carbonyl (C=O) groups is 2. The van der Waals surface area contributed by atoms with Gasteiger partial charge in [0.15, 0.2) is 0 Å². The number of morpholine rings is 1. The molecule has 1 unspecified atom stereocenters. The first kappa shape index (κ1) is 16.7. The number of nitrogens with two attached hydrogens (primary N) is 1. The van der Waals surface area contributed by atoms with E-state index in [0.717, 1.165) is 38.5 Å². The van der Waals surface area contributed by atoms with Gasteiger partial charge in [0.2, 0.25) is 11.8 Å². The molecule has 6 nitrogen and oxygen atoms in total. The molecule has 0 aromatic carbocycles. The van der Waals surface area contributed by atoms with Crippen molar-refractivity contribution in [2.75, 3.05) is 32.8 Å². The second-order valence-corrected chi connectivity index (χ2v) is 7.10. The van der Waals surface area contributed by atoms with Crippen LogP contribution in [0, 0.1) is 5.92 Å². The summed E-state index contributed by atoms with van der Waals surface area (Å²) in [6, 6.07) is -0.121. The van der Waals surface area contributed by atoms with Crippen molar-refractivity contribution in [2.45, 2.75) is 57.0 Å². The standard InChI is InChI=1S/C17H29N3O3/c18-14-5-3-4-13(14)12-16(21)20-7-2-1-6-15(20)17(22)19-8-10-23-11-9-19/h13-15H,1-12,18H2/t13-,14+,15?/m0/s1. The van der Waals surface area contributed by atoms with Gasteiger partial charge in [-0.2, -0.15) is 0 Å². The van der Waals surface area contributed by atoms with E-state index in [1.54, 1.807) is 0 Å². The number of nitrogens with zero attached hydrogens (tertiary/aromatic N) is 2. The van der Waals surface area contributed by atoms with Gasteiger partial charge < -0.3 is 20.3 Å². The minimum atomic E-state index is -0.271. The van der Waals surface area contributed by atoms with Crippen LogP contribution in [0.1, 0.15) is 44.9 Å². The summed E-state index contributed by atoms with van der Waals surface area (Å²) in [5.41, 5.74) is 6.11. The number of amides is 2. The molecule has 1 aliphatic carbocycles. The van der Waals surface area contributed by atoms with Gasteiger partial charge in [0.05, 0.1) is 13.2 Å². The average Bonchev–Trinajstić information content (AvgIpc) is 3.00. The van der Waals surface area contributed by atoms with Crippen molar-refractivity contribution in [1.29, 1.82) is 0 Å². The topological polar surface area (TPSA) is 75.9 Å². The first-order valence-electron chi connectivity index (χ1n) is 9.08. The number of carbonyl (C=O) groups excluding carboxylic acids is 2. The summed E-state index contributed by atoms with van der Waals surface area (Å²) >= 11 is 0. The maximum atomic E-state index is 12.8. The Balaban J connectivity index is 1.63. The summed E-state index contributed by atoms with van der Waals surface area (Å²) in [7, 11) is 0. The summed E-state index contributed by atoms with van der Waals surface area (Å²) in [6.45, 7) is 3.20. The molecule has 0 aromatic rings. The first-order valence-corrected chi connectivity index (χ1v) is 9.08. The predicted octanol–water partition coefficient (Wildman–Crippen LogP) is 0.744. The number of likely N-dealkylation sites (tertiary alicyclic amines) is 1. The fraction of sp³-hybridized carbons (Fsp3) is 0.882. The third kappa shape index (κ3) is 3.86. The Labute approximate surface area is 138 Å². The van der Waals surface area contributed by atoms with Crippen molar-refractivity contribution < 1.29 is 14.3 Å². The molecule has 2 aliphatic heterocycles. The number of hydrogen-bond acceptors (Lipinski definition) is 4. The maximum absolute atomic E-state index is 12.8. The minimum Gasteiger partial charge on any atom is -0.378 e. The quantitative estimate of drug-likeness (QED) is 0.831. The van der Waals surface area contributed by atoms with E-state index in [-0.39, 0.29) is 23.9 Å². The van der Waals surface area contributed by atoms with Crippen molar-refractivity contribution in [1.82, 2.24) is 9.80 Å². The monoisotopic (exact) mass is 323 g/mol. The lowest BCUT2D eigenvalue weighted by Gasteiger charge is -2.39. The zero-order chi connectivity index (χ0) is 16.2. The Kier molecular flexibility index (Phi) is 5.54. The Morgan fingerprint density at radius 2 is 1.78 bits per heavy atom. The van der Waals surface area contributed by atoms with Gasteiger partial charge in [0.1, 0.15) is 6.04 Å². The molecular formula is C17H29N3O3. The molecule has 0 radical (unpaired) electrons. The zero-order valence-electron chi connectivity index (χ0n) is 13.9. The summed E-state index contributed by atoms with van der Waals surface area (Å²) in [5.74, 6) is 0.527. The highest BCUT2D eigenvalue weighted by Gasteiger charge is 2.37. The molecule has 3 rings (SSSR count). The van der Waals surface area contributed by atoms with Crippen molar-refractivity contribution >= 4 is 11.8 Å². The SMILES string of the molecule is N[C@@H]1CCC[C@H]1CC(=O)N1CCCCC1C(=O)N1CCOCC1. The van der Waals surface area contributed by atoms with Crippen molar-refractivity contribution in [3.8, 4) is 0 Å². The number of hydrogen-bond donors (Lipinski definition) is 1. The van der Waals surface area contributed by atoms with Crippen molar-refractivity contribution in [3.05, 3.63) is 0 Å². The second-order valence-electron chi connectivity index (χ2n) is 7.10. The van der Waals surface area contributed by atoms with Crippen LogP contribution in [0.3, 0.4) is 0 Å². The van der Waals surface area contributed by atoms with Crippen molar-refractivity contribution in [2.24, 2.45) is 11.7 Å². The molecule has 23 heavy (non-hydrogen) atoms. The molecule has 3 aliphatic rings. The van der Waals surface area contributed by atoms with E-state index in [0.29, 0.717) is 45.2 Å². The van der Waals surface area contributed by atoms with Crippen LogP contribution in [0.2, 0.25) is 0 Å². The highest BCUT2D eigenvalue weighted by atomic mass is 16.5. The molecule has 2 N–H and O–H groups in total. The highest BCUT2D eigenvalue weighted by molar-refractivity contribution is 5.88. The Morgan fingerprint density at radius 3 is 2.48 bits per heavy atom. The van der Waals surface area contributed by atoms with Gasteiger partial charge in [0.25, 0.3) is 0 Å². The van der Waals surface area contributed by atoms with Crippen LogP contribution >= 0.6 is 0 Å². The maximum Gasteiger partial charge on any atom is 0.245 e. The Bertz CT molecular complexity index is 437. The van der Waals surface area contributed by atoms with Crippen LogP contribution in [-0.4, -0.2) is 66.5 Å². The summed E-state index contributed by atoms with van der Waals surface area (Å²) in [6.07, 6.45) is 6.50. The van der Waals surface area contributed by atoms with E-state index in [1.807, 2.05) is 9.80 Å². The molecule has 0 spiro atoms. The summed E-state index contributed by atoms with van der Waals surface area (Å²) < 4.78 is 5.32. The molecule has 0 bridgehead atoms. The predicted molar refractivity (Wildman–Crippen MR) is 86.7 cm³/mol. The number of ether oxygens (including phenoxy) is 1. The summed E-state index contributed by atoms with van der Waals surface area (Å²) in [5, 5.41) is 0. The highest BCUT2D eigenvalue weighted by Crippen LogP contribution is 2.29. The number of rotatable bonds is 3. The average molecular weight is 323 g/mol. The van der Waals surface area contributed by atoms with E-state index in [2.05, 4.69) is 0 Å². The molecule has 130 valence electrons. The van der Waals surface area contributed by atoms with Crippen LogP contribution in [-0.2, 0) is 14.3 Å². The smallest absolute Gasteiger partial charge is 0.245 e. The molecule has 1 saturated carbocycles. The van der Waals surface area contributed by atoms with Crippen LogP contribution in [0.25, 0.3) is 0 Å². The molecule has 0 aromatic heterocycles. The van der Waals surface area contributed by atoms with Gasteiger partial charge in [0, 0.05) is 32.1 Å². The van der Waals surface area contributed by atoms with E-state index >= 15 is 0 Å². The van der Waals surface area contributed by atoms with E-state index in [4.69, 9.17) is 10.5 Å². The minimum absolute atomic E-state index is 0.108. The van der Waals surface area contributed by atoms with E-state index < -0.39 is 0 Å². The third-order valence-corrected chi connectivity index (χ3v) is 5.59. The van der Waals surface area contributed by atoms with Crippen LogP contribution in [0.4, 0.5) is 0 Å². The van der Waals surface area contributed by atoms with Crippen LogP contribution in [0.15, 0.2) is 0 Å². The fourth-order valence-corrected chi connectivity index (χ4v) is 4.14. The van der Waals surface area contributed by atoms with Crippen molar-refractivity contribution in [3.63, 3.8) is 0 Å². The normalized spacial score (nSPS) is 32.1. The zero-order valence-corrected chi connectivity index (χ0v) is 13.9. The largest absolute Gasteiger partial charge is 0.378 e. The third-order valence-electron chi connectivity index (χ3n) is 5.59. The van der Waals surface area contributed by atoms with Crippen LogP contribution in [0.5, 0.6) is 0 Å².